The first kappa shape index (κ1) is 14.5. The van der Waals surface area contributed by atoms with Crippen LogP contribution in [-0.2, 0) is 11.3 Å². The molecule has 2 aromatic rings. The molecule has 0 aliphatic heterocycles. The number of nitrogens with two attached hydrogens (primary N) is 1. The third-order valence-electron chi connectivity index (χ3n) is 2.77. The van der Waals surface area contributed by atoms with Crippen molar-refractivity contribution in [3.8, 4) is 0 Å². The molecule has 0 saturated heterocycles. The van der Waals surface area contributed by atoms with E-state index in [0.717, 1.165) is 0 Å². The lowest BCUT2D eigenvalue weighted by Gasteiger charge is -2.06. The van der Waals surface area contributed by atoms with Gasteiger partial charge in [-0.25, -0.2) is 4.39 Å². The second-order valence-corrected chi connectivity index (χ2v) is 4.25. The molecule has 0 bridgehead atoms. The highest BCUT2D eigenvalue weighted by Crippen LogP contribution is 2.17. The first-order valence-electron chi connectivity index (χ1n) is 6.09. The number of hydrogen-bond acceptors (Lipinski definition) is 4. The average molecular weight is 291 g/mol. The lowest BCUT2D eigenvalue weighted by molar-refractivity contribution is -0.121. The summed E-state index contributed by atoms with van der Waals surface area (Å²) in [4.78, 5) is 23.2. The average Bonchev–Trinajstić information content (AvgIpc) is 2.88. The summed E-state index contributed by atoms with van der Waals surface area (Å²) in [7, 11) is 1.52. The lowest BCUT2D eigenvalue weighted by atomic mass is 10.1. The molecule has 1 heterocycles. The minimum atomic E-state index is -0.655. The zero-order chi connectivity index (χ0) is 15.4. The molecule has 0 aliphatic carbocycles. The summed E-state index contributed by atoms with van der Waals surface area (Å²) in [6.07, 6.45) is 2.87. The number of nitrogens with zero attached hydrogens (tertiary/aromatic N) is 2. The highest BCUT2D eigenvalue weighted by molar-refractivity contribution is 6.07. The largest absolute Gasteiger partial charge is 0.396 e. The van der Waals surface area contributed by atoms with Crippen molar-refractivity contribution in [3.63, 3.8) is 0 Å². The van der Waals surface area contributed by atoms with Crippen LogP contribution in [0, 0.1) is 5.82 Å². The van der Waals surface area contributed by atoms with Gasteiger partial charge in [0.1, 0.15) is 12.4 Å². The van der Waals surface area contributed by atoms with Crippen molar-refractivity contribution in [1.29, 1.82) is 0 Å². The standard InChI is InChI=1S/C13H14FN5O2/c1-16-11(20)7-19-6-8(5-17-19)18-13(21)9-3-2-4-10(14)12(9)15/h2-6H,7,15H2,1H3,(H,16,20)(H,18,21). The van der Waals surface area contributed by atoms with Gasteiger partial charge in [-0.3, -0.25) is 14.3 Å². The van der Waals surface area contributed by atoms with Crippen LogP contribution < -0.4 is 16.4 Å². The Bertz CT molecular complexity index is 683. The van der Waals surface area contributed by atoms with E-state index in [4.69, 9.17) is 5.73 Å². The van der Waals surface area contributed by atoms with Crippen molar-refractivity contribution >= 4 is 23.2 Å². The summed E-state index contributed by atoms with van der Waals surface area (Å²) in [6.45, 7) is 0.0362. The van der Waals surface area contributed by atoms with Gasteiger partial charge in [-0.1, -0.05) is 6.07 Å². The van der Waals surface area contributed by atoms with E-state index in [2.05, 4.69) is 15.7 Å². The summed E-state index contributed by atoms with van der Waals surface area (Å²) < 4.78 is 14.7. The Balaban J connectivity index is 2.09. The van der Waals surface area contributed by atoms with Crippen molar-refractivity contribution < 1.29 is 14.0 Å². The van der Waals surface area contributed by atoms with E-state index >= 15 is 0 Å². The molecule has 0 saturated carbocycles. The Morgan fingerprint density at radius 1 is 1.43 bits per heavy atom. The maximum atomic E-state index is 13.3. The highest BCUT2D eigenvalue weighted by Gasteiger charge is 2.13. The molecule has 0 fully saturated rings. The highest BCUT2D eigenvalue weighted by atomic mass is 19.1. The molecule has 1 aromatic carbocycles. The van der Waals surface area contributed by atoms with Crippen molar-refractivity contribution in [1.82, 2.24) is 15.1 Å². The molecule has 0 aliphatic rings. The molecule has 7 nitrogen and oxygen atoms in total. The Labute approximate surface area is 119 Å². The Morgan fingerprint density at radius 3 is 2.90 bits per heavy atom. The van der Waals surface area contributed by atoms with Gasteiger partial charge in [0.15, 0.2) is 0 Å². The number of halogens is 1. The summed E-state index contributed by atoms with van der Waals surface area (Å²) in [5, 5.41) is 8.92. The third-order valence-corrected chi connectivity index (χ3v) is 2.77. The topological polar surface area (TPSA) is 102 Å². The molecule has 0 radical (unpaired) electrons. The molecule has 8 heteroatoms. The van der Waals surface area contributed by atoms with Crippen LogP contribution >= 0.6 is 0 Å². The van der Waals surface area contributed by atoms with Crippen LogP contribution in [0.15, 0.2) is 30.6 Å². The normalized spacial score (nSPS) is 10.2. The number of carbonyl (C=O) groups excluding carboxylic acids is 2. The number of likely N-dealkylation sites (N-methyl/N-ethyl adjacent to an activating group) is 1. The monoisotopic (exact) mass is 291 g/mol. The Kier molecular flexibility index (Phi) is 4.17. The number of carbonyl (C=O) groups is 2. The molecule has 2 rings (SSSR count). The predicted molar refractivity (Wildman–Crippen MR) is 75.1 cm³/mol. The number of amides is 2. The van der Waals surface area contributed by atoms with E-state index < -0.39 is 11.7 Å². The van der Waals surface area contributed by atoms with Gasteiger partial charge in [-0.2, -0.15) is 5.10 Å². The fourth-order valence-electron chi connectivity index (χ4n) is 1.67. The van der Waals surface area contributed by atoms with Crippen molar-refractivity contribution in [2.75, 3.05) is 18.1 Å². The van der Waals surface area contributed by atoms with Crippen molar-refractivity contribution in [2.45, 2.75) is 6.54 Å². The van der Waals surface area contributed by atoms with Crippen LogP contribution in [0.25, 0.3) is 0 Å². The van der Waals surface area contributed by atoms with E-state index in [-0.39, 0.29) is 23.7 Å². The number of hydrogen-bond donors (Lipinski definition) is 3. The maximum Gasteiger partial charge on any atom is 0.257 e. The molecule has 21 heavy (non-hydrogen) atoms. The smallest absolute Gasteiger partial charge is 0.257 e. The van der Waals surface area contributed by atoms with Gasteiger partial charge in [0.25, 0.3) is 5.91 Å². The number of rotatable bonds is 4. The van der Waals surface area contributed by atoms with Crippen LogP contribution in [0.1, 0.15) is 10.4 Å². The molecule has 4 N–H and O–H groups in total. The minimum Gasteiger partial charge on any atom is -0.396 e. The molecular weight excluding hydrogens is 277 g/mol. The number of anilines is 2. The predicted octanol–water partition coefficient (Wildman–Crippen LogP) is 0.603. The number of benzene rings is 1. The zero-order valence-electron chi connectivity index (χ0n) is 11.3. The van der Waals surface area contributed by atoms with E-state index in [1.807, 2.05) is 0 Å². The van der Waals surface area contributed by atoms with E-state index in [0.29, 0.717) is 5.69 Å². The van der Waals surface area contributed by atoms with Crippen molar-refractivity contribution in [2.24, 2.45) is 0 Å². The Hall–Kier alpha value is -2.90. The van der Waals surface area contributed by atoms with Crippen LogP contribution in [0.2, 0.25) is 0 Å². The SMILES string of the molecule is CNC(=O)Cn1cc(NC(=O)c2cccc(F)c2N)cn1. The summed E-state index contributed by atoms with van der Waals surface area (Å²) in [6, 6.07) is 3.99. The zero-order valence-corrected chi connectivity index (χ0v) is 11.3. The maximum absolute atomic E-state index is 13.3. The first-order valence-corrected chi connectivity index (χ1v) is 6.09. The third kappa shape index (κ3) is 3.35. The van der Waals surface area contributed by atoms with E-state index in [1.54, 1.807) is 0 Å². The molecule has 0 spiro atoms. The van der Waals surface area contributed by atoms with E-state index in [9.17, 15) is 14.0 Å². The molecular formula is C13H14FN5O2. The van der Waals surface area contributed by atoms with Gasteiger partial charge in [0, 0.05) is 13.2 Å². The summed E-state index contributed by atoms with van der Waals surface area (Å²) in [5.74, 6) is -1.42. The van der Waals surface area contributed by atoms with Crippen LogP contribution in [0.5, 0.6) is 0 Å². The Morgan fingerprint density at radius 2 is 2.19 bits per heavy atom. The van der Waals surface area contributed by atoms with Gasteiger partial charge in [-0.15, -0.1) is 0 Å². The van der Waals surface area contributed by atoms with E-state index in [1.165, 1.54) is 42.3 Å². The van der Waals surface area contributed by atoms with Crippen molar-refractivity contribution in [3.05, 3.63) is 42.0 Å². The number of nitrogen functional groups attached to an aromatic ring is 1. The number of para-hydroxylation sites is 1. The molecule has 1 aromatic heterocycles. The van der Waals surface area contributed by atoms with Gasteiger partial charge >= 0.3 is 0 Å². The number of nitrogens with one attached hydrogen (secondary N) is 2. The fourth-order valence-corrected chi connectivity index (χ4v) is 1.67. The van der Waals surface area contributed by atoms with Gasteiger partial charge in [-0.05, 0) is 12.1 Å². The quantitative estimate of drug-likeness (QED) is 0.718. The second kappa shape index (κ2) is 6.04. The molecule has 0 unspecified atom stereocenters. The summed E-state index contributed by atoms with van der Waals surface area (Å²) in [5.41, 5.74) is 5.72. The van der Waals surface area contributed by atoms with Crippen LogP contribution in [-0.4, -0.2) is 28.6 Å². The fraction of sp³-hybridized carbons (Fsp3) is 0.154. The number of aromatic nitrogens is 2. The summed E-state index contributed by atoms with van der Waals surface area (Å²) >= 11 is 0. The first-order chi connectivity index (χ1) is 10.0. The molecule has 2 amide bonds. The molecule has 110 valence electrons. The van der Waals surface area contributed by atoms with Gasteiger partial charge in [0.2, 0.25) is 5.91 Å². The van der Waals surface area contributed by atoms with Crippen LogP contribution in [0.4, 0.5) is 15.8 Å². The minimum absolute atomic E-state index is 0.0362. The van der Waals surface area contributed by atoms with Crippen LogP contribution in [0.3, 0.4) is 0 Å². The molecule has 0 atom stereocenters. The van der Waals surface area contributed by atoms with Gasteiger partial charge in [0.05, 0.1) is 23.1 Å². The lowest BCUT2D eigenvalue weighted by Crippen LogP contribution is -2.23. The van der Waals surface area contributed by atoms with Gasteiger partial charge < -0.3 is 16.4 Å². The second-order valence-electron chi connectivity index (χ2n) is 4.25.